The topological polar surface area (TPSA) is 74.6 Å². The summed E-state index contributed by atoms with van der Waals surface area (Å²) in [5.74, 6) is -0.981. The number of rotatable bonds is 6. The molecule has 0 spiro atoms. The molecule has 0 aliphatic rings. The second-order valence-electron chi connectivity index (χ2n) is 6.85. The Morgan fingerprint density at radius 1 is 0.969 bits per heavy atom. The summed E-state index contributed by atoms with van der Waals surface area (Å²) in [5.41, 5.74) is 2.07. The first-order chi connectivity index (χ1) is 15.4. The van der Waals surface area contributed by atoms with Crippen LogP contribution in [-0.4, -0.2) is 28.2 Å². The number of carbonyl (C=O) groups excluding carboxylic acids is 1. The smallest absolute Gasteiger partial charge is 0.330 e. The predicted octanol–water partition coefficient (Wildman–Crippen LogP) is 6.63. The molecule has 1 aromatic heterocycles. The predicted molar refractivity (Wildman–Crippen MR) is 130 cm³/mol. The third kappa shape index (κ3) is 5.19. The Kier molecular flexibility index (Phi) is 6.60. The first-order valence-corrected chi connectivity index (χ1v) is 11.0. The maximum Gasteiger partial charge on any atom is 0.330 e. The van der Waals surface area contributed by atoms with Crippen LogP contribution in [0.15, 0.2) is 83.9 Å². The molecule has 6 nitrogen and oxygen atoms in total. The van der Waals surface area contributed by atoms with Crippen LogP contribution in [0.2, 0.25) is 10.0 Å². The van der Waals surface area contributed by atoms with Crippen LogP contribution in [0, 0.1) is 0 Å². The normalized spacial score (nSPS) is 10.8. The highest BCUT2D eigenvalue weighted by Gasteiger charge is 2.16. The van der Waals surface area contributed by atoms with Crippen LogP contribution in [0.4, 0.5) is 16.2 Å². The average molecular weight is 486 g/mol. The van der Waals surface area contributed by atoms with Crippen molar-refractivity contribution < 1.29 is 14.7 Å². The Hall–Kier alpha value is -3.13. The lowest BCUT2D eigenvalue weighted by atomic mass is 10.2. The number of carbonyl (C=O) groups is 2. The van der Waals surface area contributed by atoms with E-state index in [0.29, 0.717) is 31.8 Å². The zero-order valence-corrected chi connectivity index (χ0v) is 18.9. The Morgan fingerprint density at radius 3 is 2.38 bits per heavy atom. The van der Waals surface area contributed by atoms with Crippen LogP contribution >= 0.6 is 35.1 Å². The van der Waals surface area contributed by atoms with Crippen molar-refractivity contribution in [1.82, 2.24) is 4.57 Å². The molecule has 0 fully saturated rings. The molecule has 3 aromatic carbocycles. The number of benzene rings is 3. The number of para-hydroxylation sites is 1. The van der Waals surface area contributed by atoms with Gasteiger partial charge in [-0.05, 0) is 66.5 Å². The van der Waals surface area contributed by atoms with Gasteiger partial charge in [-0.1, -0.05) is 41.4 Å². The van der Waals surface area contributed by atoms with Crippen LogP contribution in [0.3, 0.4) is 0 Å². The van der Waals surface area contributed by atoms with Gasteiger partial charge < -0.3 is 14.7 Å². The molecule has 2 N–H and O–H groups in total. The standard InChI is InChI=1S/C23H17Cl2N3O3S/c24-16-11-17(25)13-20(12-16)32-28(14-22(29)30)19-6-7-21-15(10-19)8-9-27(21)23(31)26-18-4-2-1-3-5-18/h1-13H,14H2,(H,26,31)(H,29,30). The second-order valence-corrected chi connectivity index (χ2v) is 8.82. The van der Waals surface area contributed by atoms with Gasteiger partial charge in [-0.2, -0.15) is 0 Å². The molecule has 0 radical (unpaired) electrons. The van der Waals surface area contributed by atoms with E-state index in [1.54, 1.807) is 40.8 Å². The first kappa shape index (κ1) is 22.1. The van der Waals surface area contributed by atoms with Crippen molar-refractivity contribution in [3.63, 3.8) is 0 Å². The largest absolute Gasteiger partial charge is 0.480 e. The molecule has 0 saturated carbocycles. The van der Waals surface area contributed by atoms with Gasteiger partial charge in [0.1, 0.15) is 6.54 Å². The fourth-order valence-electron chi connectivity index (χ4n) is 3.17. The van der Waals surface area contributed by atoms with Crippen molar-refractivity contribution >= 4 is 69.4 Å². The summed E-state index contributed by atoms with van der Waals surface area (Å²) in [5, 5.41) is 14.0. The van der Waals surface area contributed by atoms with Gasteiger partial charge in [0.2, 0.25) is 0 Å². The number of carboxylic acids is 1. The van der Waals surface area contributed by atoms with Gasteiger partial charge in [-0.25, -0.2) is 4.79 Å². The number of anilines is 2. The molecule has 9 heteroatoms. The minimum atomic E-state index is -0.981. The maximum atomic E-state index is 12.7. The van der Waals surface area contributed by atoms with Crippen molar-refractivity contribution in [3.8, 4) is 0 Å². The highest BCUT2D eigenvalue weighted by molar-refractivity contribution is 8.00. The molecule has 162 valence electrons. The van der Waals surface area contributed by atoms with Crippen LogP contribution in [0.25, 0.3) is 10.9 Å². The average Bonchev–Trinajstić information content (AvgIpc) is 3.16. The Labute approximate surface area is 198 Å². The lowest BCUT2D eigenvalue weighted by molar-refractivity contribution is -0.135. The number of carboxylic acid groups (broad SMARTS) is 1. The number of aromatic nitrogens is 1. The molecule has 0 atom stereocenters. The van der Waals surface area contributed by atoms with Crippen LogP contribution < -0.4 is 9.62 Å². The van der Waals surface area contributed by atoms with E-state index < -0.39 is 5.97 Å². The Balaban J connectivity index is 1.62. The monoisotopic (exact) mass is 485 g/mol. The minimum absolute atomic E-state index is 0.241. The van der Waals surface area contributed by atoms with E-state index in [2.05, 4.69) is 5.32 Å². The molecule has 32 heavy (non-hydrogen) atoms. The highest BCUT2D eigenvalue weighted by atomic mass is 35.5. The molecule has 0 unspecified atom stereocenters. The van der Waals surface area contributed by atoms with Crippen molar-refractivity contribution in [2.75, 3.05) is 16.2 Å². The number of hydrogen-bond donors (Lipinski definition) is 2. The second kappa shape index (κ2) is 9.56. The number of amides is 1. The number of nitrogens with zero attached hydrogens (tertiary/aromatic N) is 2. The van der Waals surface area contributed by atoms with Gasteiger partial charge in [0.25, 0.3) is 0 Å². The molecule has 4 aromatic rings. The summed E-state index contributed by atoms with van der Waals surface area (Å²) in [4.78, 5) is 24.9. The van der Waals surface area contributed by atoms with Crippen molar-refractivity contribution in [3.05, 3.63) is 89.0 Å². The van der Waals surface area contributed by atoms with Gasteiger partial charge in [-0.3, -0.25) is 9.36 Å². The zero-order valence-electron chi connectivity index (χ0n) is 16.5. The third-order valence-electron chi connectivity index (χ3n) is 4.54. The van der Waals surface area contributed by atoms with E-state index in [1.807, 2.05) is 42.5 Å². The summed E-state index contributed by atoms with van der Waals surface area (Å²) in [6.45, 7) is -0.241. The fourth-order valence-corrected chi connectivity index (χ4v) is 4.84. The van der Waals surface area contributed by atoms with Gasteiger partial charge >= 0.3 is 12.0 Å². The first-order valence-electron chi connectivity index (χ1n) is 9.50. The molecule has 0 aliphatic carbocycles. The molecular weight excluding hydrogens is 469 g/mol. The number of hydrogen-bond acceptors (Lipinski definition) is 4. The lowest BCUT2D eigenvalue weighted by Gasteiger charge is -2.22. The minimum Gasteiger partial charge on any atom is -0.480 e. The summed E-state index contributed by atoms with van der Waals surface area (Å²) in [6.07, 6.45) is 1.68. The van der Waals surface area contributed by atoms with Crippen LogP contribution in [-0.2, 0) is 4.79 Å². The number of aliphatic carboxylic acids is 1. The Bertz CT molecular complexity index is 1270. The SMILES string of the molecule is O=C(O)CN(Sc1cc(Cl)cc(Cl)c1)c1ccc2c(ccn2C(=O)Nc2ccccc2)c1. The van der Waals surface area contributed by atoms with Gasteiger partial charge in [0.15, 0.2) is 0 Å². The molecule has 0 bridgehead atoms. The van der Waals surface area contributed by atoms with Crippen molar-refractivity contribution in [1.29, 1.82) is 0 Å². The van der Waals surface area contributed by atoms with Crippen LogP contribution in [0.1, 0.15) is 0 Å². The van der Waals surface area contributed by atoms with E-state index in [4.69, 9.17) is 23.2 Å². The van der Waals surface area contributed by atoms with Gasteiger partial charge in [0.05, 0.1) is 5.52 Å². The quantitative estimate of drug-likeness (QED) is 0.300. The Morgan fingerprint density at radius 2 is 1.69 bits per heavy atom. The maximum absolute atomic E-state index is 12.7. The lowest BCUT2D eigenvalue weighted by Crippen LogP contribution is -2.23. The number of nitrogens with one attached hydrogen (secondary N) is 1. The summed E-state index contributed by atoms with van der Waals surface area (Å²) in [7, 11) is 0. The summed E-state index contributed by atoms with van der Waals surface area (Å²) in [6, 6.07) is 21.2. The summed E-state index contributed by atoms with van der Waals surface area (Å²) < 4.78 is 3.14. The number of fused-ring (bicyclic) bond motifs is 1. The molecular formula is C23H17Cl2N3O3S. The van der Waals surface area contributed by atoms with Crippen molar-refractivity contribution in [2.45, 2.75) is 4.90 Å². The van der Waals surface area contributed by atoms with Crippen LogP contribution in [0.5, 0.6) is 0 Å². The van der Waals surface area contributed by atoms with E-state index >= 15 is 0 Å². The van der Waals surface area contributed by atoms with Crippen molar-refractivity contribution in [2.24, 2.45) is 0 Å². The van der Waals surface area contributed by atoms with E-state index in [1.165, 1.54) is 16.5 Å². The van der Waals surface area contributed by atoms with E-state index in [9.17, 15) is 14.7 Å². The highest BCUT2D eigenvalue weighted by Crippen LogP contribution is 2.34. The molecule has 4 rings (SSSR count). The van der Waals surface area contributed by atoms with Gasteiger partial charge in [-0.15, -0.1) is 0 Å². The van der Waals surface area contributed by atoms with E-state index in [-0.39, 0.29) is 12.6 Å². The molecule has 0 aliphatic heterocycles. The fraction of sp³-hybridized carbons (Fsp3) is 0.0435. The molecule has 0 saturated heterocycles. The van der Waals surface area contributed by atoms with Gasteiger partial charge in [0, 0.05) is 37.9 Å². The van der Waals surface area contributed by atoms with E-state index in [0.717, 1.165) is 5.39 Å². The number of halogens is 2. The third-order valence-corrected chi connectivity index (χ3v) is 5.98. The molecule has 1 heterocycles. The summed E-state index contributed by atoms with van der Waals surface area (Å²) >= 11 is 13.4. The molecule has 1 amide bonds. The zero-order chi connectivity index (χ0) is 22.7.